The number of nitrogens with zero attached hydrogens (tertiary/aromatic N) is 1. The second kappa shape index (κ2) is 6.22. The van der Waals surface area contributed by atoms with Crippen LogP contribution in [0.15, 0.2) is 40.8 Å². The third kappa shape index (κ3) is 2.99. The van der Waals surface area contributed by atoms with Crippen LogP contribution >= 0.6 is 23.8 Å². The summed E-state index contributed by atoms with van der Waals surface area (Å²) >= 11 is 11.6. The van der Waals surface area contributed by atoms with Crippen molar-refractivity contribution in [2.45, 2.75) is 13.8 Å². The first kappa shape index (κ1) is 14.1. The summed E-state index contributed by atoms with van der Waals surface area (Å²) < 4.78 is 5.83. The van der Waals surface area contributed by atoms with Crippen LogP contribution in [0.4, 0.5) is 0 Å². The summed E-state index contributed by atoms with van der Waals surface area (Å²) in [5, 5.41) is 0.678. The summed E-state index contributed by atoms with van der Waals surface area (Å²) in [5.74, 6) is 1.46. The monoisotopic (exact) mass is 293 g/mol. The van der Waals surface area contributed by atoms with Crippen LogP contribution in [0.1, 0.15) is 19.6 Å². The first-order chi connectivity index (χ1) is 9.17. The fourth-order valence-electron chi connectivity index (χ4n) is 1.93. The number of benzene rings is 1. The smallest absolute Gasteiger partial charge is 0.162 e. The molecule has 2 aromatic rings. The molecule has 0 aliphatic heterocycles. The van der Waals surface area contributed by atoms with E-state index in [4.69, 9.17) is 28.2 Å². The van der Waals surface area contributed by atoms with Crippen LogP contribution in [0.3, 0.4) is 0 Å². The molecule has 0 saturated carbocycles. The topological polar surface area (TPSA) is 16.4 Å². The zero-order valence-electron chi connectivity index (χ0n) is 11.0. The molecule has 0 radical (unpaired) electrons. The Morgan fingerprint density at radius 1 is 1.16 bits per heavy atom. The maximum Gasteiger partial charge on any atom is 0.162 e. The highest BCUT2D eigenvalue weighted by Gasteiger charge is 2.14. The van der Waals surface area contributed by atoms with Gasteiger partial charge in [-0.25, -0.2) is 0 Å². The van der Waals surface area contributed by atoms with Crippen LogP contribution in [0.5, 0.6) is 0 Å². The zero-order chi connectivity index (χ0) is 13.8. The van der Waals surface area contributed by atoms with Crippen molar-refractivity contribution in [2.75, 3.05) is 13.1 Å². The molecular formula is C15H16ClNOS. The average Bonchev–Trinajstić information content (AvgIpc) is 2.90. The molecule has 0 aliphatic rings. The van der Waals surface area contributed by atoms with Crippen LogP contribution < -0.4 is 0 Å². The SMILES string of the molecule is CCN(CC)C(=S)c1ccc(-c2ccccc2Cl)o1. The molecule has 0 bridgehead atoms. The number of thiocarbonyl (C=S) groups is 1. The van der Waals surface area contributed by atoms with Crippen LogP contribution in [-0.2, 0) is 0 Å². The van der Waals surface area contributed by atoms with Crippen LogP contribution in [0, 0.1) is 0 Å². The van der Waals surface area contributed by atoms with Gasteiger partial charge in [-0.05, 0) is 38.1 Å². The van der Waals surface area contributed by atoms with Gasteiger partial charge < -0.3 is 9.32 Å². The molecule has 0 amide bonds. The third-order valence-corrected chi connectivity index (χ3v) is 3.80. The van der Waals surface area contributed by atoms with Gasteiger partial charge in [0.2, 0.25) is 0 Å². The molecule has 0 unspecified atom stereocenters. The van der Waals surface area contributed by atoms with Crippen molar-refractivity contribution in [1.29, 1.82) is 0 Å². The second-order valence-electron chi connectivity index (χ2n) is 4.12. The van der Waals surface area contributed by atoms with Gasteiger partial charge in [-0.15, -0.1) is 0 Å². The Labute approximate surface area is 124 Å². The van der Waals surface area contributed by atoms with Gasteiger partial charge >= 0.3 is 0 Å². The molecule has 1 aromatic carbocycles. The molecule has 0 fully saturated rings. The Morgan fingerprint density at radius 3 is 2.47 bits per heavy atom. The van der Waals surface area contributed by atoms with Gasteiger partial charge in [0.05, 0.1) is 5.02 Å². The molecule has 2 nitrogen and oxygen atoms in total. The van der Waals surface area contributed by atoms with Crippen molar-refractivity contribution in [3.05, 3.63) is 47.2 Å². The van der Waals surface area contributed by atoms with Crippen molar-refractivity contribution < 1.29 is 4.42 Å². The van der Waals surface area contributed by atoms with Gasteiger partial charge in [-0.3, -0.25) is 0 Å². The molecule has 4 heteroatoms. The molecule has 0 N–H and O–H groups in total. The minimum atomic E-state index is 0.678. The van der Waals surface area contributed by atoms with E-state index in [9.17, 15) is 0 Å². The lowest BCUT2D eigenvalue weighted by molar-refractivity contribution is 0.458. The predicted octanol–water partition coefficient (Wildman–Crippen LogP) is 4.62. The minimum Gasteiger partial charge on any atom is -0.454 e. The van der Waals surface area contributed by atoms with Gasteiger partial charge in [-0.1, -0.05) is 36.0 Å². The molecule has 0 saturated heterocycles. The zero-order valence-corrected chi connectivity index (χ0v) is 12.6. The lowest BCUT2D eigenvalue weighted by Crippen LogP contribution is -2.29. The predicted molar refractivity (Wildman–Crippen MR) is 83.8 cm³/mol. The van der Waals surface area contributed by atoms with E-state index in [0.717, 1.165) is 29.4 Å². The summed E-state index contributed by atoms with van der Waals surface area (Å²) in [6.07, 6.45) is 0. The van der Waals surface area contributed by atoms with Crippen molar-refractivity contribution in [1.82, 2.24) is 4.90 Å². The number of rotatable bonds is 4. The van der Waals surface area contributed by atoms with E-state index < -0.39 is 0 Å². The van der Waals surface area contributed by atoms with Crippen LogP contribution in [0.2, 0.25) is 5.02 Å². The first-order valence-electron chi connectivity index (χ1n) is 6.31. The summed E-state index contributed by atoms with van der Waals surface area (Å²) in [5.41, 5.74) is 0.887. The van der Waals surface area contributed by atoms with Crippen LogP contribution in [0.25, 0.3) is 11.3 Å². The summed E-state index contributed by atoms with van der Waals surface area (Å²) in [6, 6.07) is 11.4. The highest BCUT2D eigenvalue weighted by atomic mass is 35.5. The normalized spacial score (nSPS) is 10.5. The lowest BCUT2D eigenvalue weighted by Gasteiger charge is -2.19. The Kier molecular flexibility index (Phi) is 4.61. The summed E-state index contributed by atoms with van der Waals surface area (Å²) in [4.78, 5) is 2.83. The maximum absolute atomic E-state index is 6.16. The number of hydrogen-bond donors (Lipinski definition) is 0. The van der Waals surface area contributed by atoms with E-state index in [1.54, 1.807) is 0 Å². The van der Waals surface area contributed by atoms with E-state index in [-0.39, 0.29) is 0 Å². The summed E-state index contributed by atoms with van der Waals surface area (Å²) in [7, 11) is 0. The molecule has 0 atom stereocenters. The molecule has 2 rings (SSSR count). The Balaban J connectivity index is 2.29. The van der Waals surface area contributed by atoms with Crippen LogP contribution in [-0.4, -0.2) is 23.0 Å². The first-order valence-corrected chi connectivity index (χ1v) is 7.10. The summed E-state index contributed by atoms with van der Waals surface area (Å²) in [6.45, 7) is 5.90. The highest BCUT2D eigenvalue weighted by Crippen LogP contribution is 2.29. The molecule has 0 spiro atoms. The van der Waals surface area contributed by atoms with Crippen molar-refractivity contribution in [2.24, 2.45) is 0 Å². The van der Waals surface area contributed by atoms with Gasteiger partial charge in [0.15, 0.2) is 5.76 Å². The van der Waals surface area contributed by atoms with E-state index in [1.165, 1.54) is 0 Å². The van der Waals surface area contributed by atoms with E-state index in [0.29, 0.717) is 10.8 Å². The van der Waals surface area contributed by atoms with Gasteiger partial charge in [0.25, 0.3) is 0 Å². The number of halogens is 1. The molecular weight excluding hydrogens is 278 g/mol. The molecule has 1 aromatic heterocycles. The van der Waals surface area contributed by atoms with Crippen molar-refractivity contribution >= 4 is 28.8 Å². The fraction of sp³-hybridized carbons (Fsp3) is 0.267. The highest BCUT2D eigenvalue weighted by molar-refractivity contribution is 7.80. The van der Waals surface area contributed by atoms with Gasteiger partial charge in [0, 0.05) is 18.7 Å². The van der Waals surface area contributed by atoms with Crippen molar-refractivity contribution in [3.8, 4) is 11.3 Å². The molecule has 1 heterocycles. The standard InChI is InChI=1S/C15H16ClNOS/c1-3-17(4-2)15(19)14-10-9-13(18-14)11-7-5-6-8-12(11)16/h5-10H,3-4H2,1-2H3. The van der Waals surface area contributed by atoms with Crippen molar-refractivity contribution in [3.63, 3.8) is 0 Å². The fourth-order valence-corrected chi connectivity index (χ4v) is 2.52. The Bertz CT molecular complexity index is 575. The van der Waals surface area contributed by atoms with E-state index in [2.05, 4.69) is 18.7 Å². The van der Waals surface area contributed by atoms with Gasteiger partial charge in [0.1, 0.15) is 10.7 Å². The van der Waals surface area contributed by atoms with Gasteiger partial charge in [-0.2, -0.15) is 0 Å². The quantitative estimate of drug-likeness (QED) is 0.766. The molecule has 0 aliphatic carbocycles. The largest absolute Gasteiger partial charge is 0.454 e. The molecule has 100 valence electrons. The van der Waals surface area contributed by atoms with E-state index in [1.807, 2.05) is 36.4 Å². The number of hydrogen-bond acceptors (Lipinski definition) is 2. The molecule has 19 heavy (non-hydrogen) atoms. The number of furan rings is 1. The lowest BCUT2D eigenvalue weighted by atomic mass is 10.2. The average molecular weight is 294 g/mol. The third-order valence-electron chi connectivity index (χ3n) is 3.01. The maximum atomic E-state index is 6.16. The Hall–Kier alpha value is -1.32. The second-order valence-corrected chi connectivity index (χ2v) is 4.92. The Morgan fingerprint density at radius 2 is 1.84 bits per heavy atom. The minimum absolute atomic E-state index is 0.678. The van der Waals surface area contributed by atoms with E-state index >= 15 is 0 Å².